The average Bonchev–Trinajstić information content (AvgIpc) is 3.31. The number of anilines is 1. The number of rotatable bonds is 8. The number of hydrogen-bond donors (Lipinski definition) is 2. The second-order valence-corrected chi connectivity index (χ2v) is 9.29. The Morgan fingerprint density at radius 2 is 1.69 bits per heavy atom. The van der Waals surface area contributed by atoms with Crippen molar-refractivity contribution in [3.63, 3.8) is 0 Å². The van der Waals surface area contributed by atoms with Crippen molar-refractivity contribution in [3.8, 4) is 11.5 Å². The highest BCUT2D eigenvalue weighted by atomic mass is 32.2. The second-order valence-electron chi connectivity index (χ2n) is 6.71. The number of aromatic nitrogens is 1. The van der Waals surface area contributed by atoms with Crippen LogP contribution in [0.2, 0.25) is 0 Å². The van der Waals surface area contributed by atoms with Crippen LogP contribution in [0.25, 0.3) is 0 Å². The lowest BCUT2D eigenvalue weighted by Gasteiger charge is -2.09. The van der Waals surface area contributed by atoms with Crippen molar-refractivity contribution in [3.05, 3.63) is 102 Å². The molecule has 1 heterocycles. The summed E-state index contributed by atoms with van der Waals surface area (Å²) in [5.41, 5.74) is 1.23. The SMILES string of the molecule is O=C(NCc1cccc(Oc2ccccc2)c1)c1ccc(S(=O)(=O)Nc2nccs2)cc1. The number of nitrogens with zero attached hydrogens (tertiary/aromatic N) is 1. The molecule has 0 saturated heterocycles. The molecule has 4 aromatic rings. The fraction of sp³-hybridized carbons (Fsp3) is 0.0435. The van der Waals surface area contributed by atoms with Crippen LogP contribution in [-0.2, 0) is 16.6 Å². The molecule has 0 unspecified atom stereocenters. The summed E-state index contributed by atoms with van der Waals surface area (Å²) in [7, 11) is -3.76. The van der Waals surface area contributed by atoms with Gasteiger partial charge in [-0.3, -0.25) is 9.52 Å². The third-order valence-electron chi connectivity index (χ3n) is 4.41. The Bertz CT molecular complexity index is 1290. The molecule has 0 atom stereocenters. The van der Waals surface area contributed by atoms with Gasteiger partial charge in [-0.15, -0.1) is 11.3 Å². The van der Waals surface area contributed by atoms with Gasteiger partial charge in [-0.25, -0.2) is 13.4 Å². The van der Waals surface area contributed by atoms with E-state index in [1.807, 2.05) is 54.6 Å². The van der Waals surface area contributed by atoms with E-state index >= 15 is 0 Å². The number of benzene rings is 3. The standard InChI is InChI=1S/C23H19N3O4S2/c27-22(18-9-11-21(12-10-18)32(28,29)26-23-24-13-14-31-23)25-16-17-5-4-8-20(15-17)30-19-6-2-1-3-7-19/h1-15H,16H2,(H,24,26)(H,25,27). The van der Waals surface area contributed by atoms with E-state index in [1.54, 1.807) is 5.38 Å². The van der Waals surface area contributed by atoms with Crippen molar-refractivity contribution in [2.75, 3.05) is 4.72 Å². The largest absolute Gasteiger partial charge is 0.457 e. The predicted molar refractivity (Wildman–Crippen MR) is 123 cm³/mol. The first-order chi connectivity index (χ1) is 15.5. The van der Waals surface area contributed by atoms with Crippen molar-refractivity contribution in [1.82, 2.24) is 10.3 Å². The third-order valence-corrected chi connectivity index (χ3v) is 6.58. The van der Waals surface area contributed by atoms with Gasteiger partial charge in [-0.05, 0) is 54.1 Å². The zero-order valence-corrected chi connectivity index (χ0v) is 18.4. The van der Waals surface area contributed by atoms with Crippen molar-refractivity contribution < 1.29 is 17.9 Å². The number of ether oxygens (including phenoxy) is 1. The molecule has 0 aliphatic carbocycles. The number of carbonyl (C=O) groups is 1. The van der Waals surface area contributed by atoms with Crippen molar-refractivity contribution >= 4 is 32.4 Å². The van der Waals surface area contributed by atoms with Gasteiger partial charge in [0.15, 0.2) is 5.13 Å². The van der Waals surface area contributed by atoms with Crippen LogP contribution < -0.4 is 14.8 Å². The molecular weight excluding hydrogens is 446 g/mol. The number of carbonyl (C=O) groups excluding carboxylic acids is 1. The summed E-state index contributed by atoms with van der Waals surface area (Å²) in [6, 6.07) is 22.6. The molecule has 0 spiro atoms. The predicted octanol–water partition coefficient (Wildman–Crippen LogP) is 4.67. The normalized spacial score (nSPS) is 11.0. The summed E-state index contributed by atoms with van der Waals surface area (Å²) in [5.74, 6) is 1.09. The monoisotopic (exact) mass is 465 g/mol. The second kappa shape index (κ2) is 9.63. The Morgan fingerprint density at radius 3 is 2.41 bits per heavy atom. The summed E-state index contributed by atoms with van der Waals surface area (Å²) >= 11 is 1.18. The Hall–Kier alpha value is -3.69. The van der Waals surface area contributed by atoms with Crippen LogP contribution in [0.15, 0.2) is 95.3 Å². The molecule has 1 amide bonds. The van der Waals surface area contributed by atoms with Crippen molar-refractivity contribution in [1.29, 1.82) is 0 Å². The topological polar surface area (TPSA) is 97.4 Å². The molecule has 0 radical (unpaired) electrons. The zero-order valence-electron chi connectivity index (χ0n) is 16.8. The van der Waals surface area contributed by atoms with E-state index in [0.717, 1.165) is 11.3 Å². The van der Waals surface area contributed by atoms with Gasteiger partial charge in [0.2, 0.25) is 0 Å². The third kappa shape index (κ3) is 5.51. The molecular formula is C23H19N3O4S2. The zero-order chi connectivity index (χ0) is 22.4. The highest BCUT2D eigenvalue weighted by molar-refractivity contribution is 7.93. The van der Waals surface area contributed by atoms with Crippen LogP contribution in [0.3, 0.4) is 0 Å². The number of amides is 1. The quantitative estimate of drug-likeness (QED) is 0.394. The fourth-order valence-electron chi connectivity index (χ4n) is 2.86. The molecule has 0 fully saturated rings. The molecule has 4 rings (SSSR count). The van der Waals surface area contributed by atoms with Gasteiger partial charge < -0.3 is 10.1 Å². The summed E-state index contributed by atoms with van der Waals surface area (Å²) in [5, 5.41) is 4.79. The van der Waals surface area contributed by atoms with E-state index in [4.69, 9.17) is 4.74 Å². The maximum absolute atomic E-state index is 12.5. The van der Waals surface area contributed by atoms with Gasteiger partial charge in [0.05, 0.1) is 4.90 Å². The number of nitrogens with one attached hydrogen (secondary N) is 2. The Labute approximate surface area is 189 Å². The van der Waals surface area contributed by atoms with Gasteiger partial charge in [0.25, 0.3) is 15.9 Å². The highest BCUT2D eigenvalue weighted by Gasteiger charge is 2.16. The molecule has 1 aromatic heterocycles. The minimum Gasteiger partial charge on any atom is -0.457 e. The van der Waals surface area contributed by atoms with E-state index in [0.29, 0.717) is 17.9 Å². The van der Waals surface area contributed by atoms with Crippen molar-refractivity contribution in [2.24, 2.45) is 0 Å². The number of para-hydroxylation sites is 1. The number of sulfonamides is 1. The van der Waals surface area contributed by atoms with E-state index < -0.39 is 10.0 Å². The Balaban J connectivity index is 1.37. The van der Waals surface area contributed by atoms with E-state index in [9.17, 15) is 13.2 Å². The molecule has 0 aliphatic rings. The smallest absolute Gasteiger partial charge is 0.263 e. The molecule has 2 N–H and O–H groups in total. The van der Waals surface area contributed by atoms with Crippen LogP contribution in [-0.4, -0.2) is 19.3 Å². The number of hydrogen-bond acceptors (Lipinski definition) is 6. The summed E-state index contributed by atoms with van der Waals surface area (Å²) < 4.78 is 33.0. The summed E-state index contributed by atoms with van der Waals surface area (Å²) in [6.07, 6.45) is 1.51. The minimum atomic E-state index is -3.76. The van der Waals surface area contributed by atoms with Gasteiger partial charge in [0, 0.05) is 23.7 Å². The lowest BCUT2D eigenvalue weighted by atomic mass is 10.2. The average molecular weight is 466 g/mol. The summed E-state index contributed by atoms with van der Waals surface area (Å²) in [6.45, 7) is 0.302. The molecule has 0 bridgehead atoms. The van der Waals surface area contributed by atoms with Gasteiger partial charge >= 0.3 is 0 Å². The maximum atomic E-state index is 12.5. The molecule has 0 saturated carbocycles. The maximum Gasteiger partial charge on any atom is 0.263 e. The number of thiazole rings is 1. The summed E-state index contributed by atoms with van der Waals surface area (Å²) in [4.78, 5) is 16.5. The van der Waals surface area contributed by atoms with Crippen LogP contribution in [0.5, 0.6) is 11.5 Å². The molecule has 32 heavy (non-hydrogen) atoms. The first-order valence-corrected chi connectivity index (χ1v) is 12.0. The lowest BCUT2D eigenvalue weighted by molar-refractivity contribution is 0.0950. The Kier molecular flexibility index (Phi) is 6.48. The molecule has 162 valence electrons. The minimum absolute atomic E-state index is 0.0509. The van der Waals surface area contributed by atoms with E-state index in [-0.39, 0.29) is 15.9 Å². The van der Waals surface area contributed by atoms with Crippen LogP contribution in [0, 0.1) is 0 Å². The molecule has 9 heteroatoms. The van der Waals surface area contributed by atoms with Crippen LogP contribution >= 0.6 is 11.3 Å². The first kappa shape index (κ1) is 21.5. The van der Waals surface area contributed by atoms with Gasteiger partial charge in [0.1, 0.15) is 11.5 Å². The first-order valence-electron chi connectivity index (χ1n) is 9.62. The van der Waals surface area contributed by atoms with Gasteiger partial charge in [-0.2, -0.15) is 0 Å². The van der Waals surface area contributed by atoms with E-state index in [1.165, 1.54) is 41.8 Å². The molecule has 0 aliphatic heterocycles. The Morgan fingerprint density at radius 1 is 0.938 bits per heavy atom. The molecule has 7 nitrogen and oxygen atoms in total. The van der Waals surface area contributed by atoms with Crippen LogP contribution in [0.1, 0.15) is 15.9 Å². The molecule has 3 aromatic carbocycles. The van der Waals surface area contributed by atoms with E-state index in [2.05, 4.69) is 15.0 Å². The fourth-order valence-corrected chi connectivity index (χ4v) is 4.65. The highest BCUT2D eigenvalue weighted by Crippen LogP contribution is 2.22. The van der Waals surface area contributed by atoms with Gasteiger partial charge in [-0.1, -0.05) is 30.3 Å². The lowest BCUT2D eigenvalue weighted by Crippen LogP contribution is -2.23. The van der Waals surface area contributed by atoms with Crippen LogP contribution in [0.4, 0.5) is 5.13 Å². The van der Waals surface area contributed by atoms with Crippen molar-refractivity contribution in [2.45, 2.75) is 11.4 Å².